The summed E-state index contributed by atoms with van der Waals surface area (Å²) in [5.74, 6) is -0.0692. The normalized spacial score (nSPS) is 25.3. The number of hydrazine groups is 1. The van der Waals surface area contributed by atoms with Crippen molar-refractivity contribution < 1.29 is 10.0 Å². The largest absolute Gasteiger partial charge is 0.409 e. The maximum Gasteiger partial charge on any atom is 0.248 e. The molecule has 1 amide bonds. The van der Waals surface area contributed by atoms with Gasteiger partial charge in [0, 0.05) is 26.2 Å². The molecule has 1 heterocycles. The van der Waals surface area contributed by atoms with Crippen molar-refractivity contribution in [3.8, 4) is 0 Å². The summed E-state index contributed by atoms with van der Waals surface area (Å²) >= 11 is 0. The summed E-state index contributed by atoms with van der Waals surface area (Å²) in [6.07, 6.45) is 5.38. The molecule has 7 nitrogen and oxygen atoms in total. The topological polar surface area (TPSA) is 94.2 Å². The summed E-state index contributed by atoms with van der Waals surface area (Å²) < 4.78 is 0. The molecule has 4 N–H and O–H groups in total. The quantitative estimate of drug-likeness (QED) is 0.230. The van der Waals surface area contributed by atoms with Gasteiger partial charge in [0.25, 0.3) is 0 Å². The molecule has 0 spiro atoms. The fourth-order valence-electron chi connectivity index (χ4n) is 3.20. The molecule has 2 aliphatic rings. The molecule has 120 valence electrons. The van der Waals surface area contributed by atoms with Gasteiger partial charge in [-0.25, -0.2) is 5.01 Å². The standard InChI is InChI=1S/C14H27N5O2/c1-18-8-10-19(11-9-18)16-13(20)14(12(15)17-21)6-4-2-3-5-7-14/h21H,2-11H2,1H3,(H2,15,17)(H,16,20). The van der Waals surface area contributed by atoms with Gasteiger partial charge in [-0.15, -0.1) is 0 Å². The van der Waals surface area contributed by atoms with Crippen molar-refractivity contribution in [3.05, 3.63) is 0 Å². The zero-order valence-corrected chi connectivity index (χ0v) is 12.8. The third kappa shape index (κ3) is 3.65. The Morgan fingerprint density at radius 1 is 1.14 bits per heavy atom. The highest BCUT2D eigenvalue weighted by Gasteiger charge is 2.43. The molecule has 1 saturated heterocycles. The number of hydrogen-bond donors (Lipinski definition) is 3. The number of piperazine rings is 1. The minimum atomic E-state index is -0.853. The van der Waals surface area contributed by atoms with Gasteiger partial charge in [-0.05, 0) is 19.9 Å². The van der Waals surface area contributed by atoms with Crippen LogP contribution in [0.5, 0.6) is 0 Å². The molecule has 0 aromatic heterocycles. The number of likely N-dealkylation sites (N-methyl/N-ethyl adjacent to an activating group) is 1. The van der Waals surface area contributed by atoms with E-state index in [1.807, 2.05) is 5.01 Å². The highest BCUT2D eigenvalue weighted by Crippen LogP contribution is 2.35. The molecule has 21 heavy (non-hydrogen) atoms. The highest BCUT2D eigenvalue weighted by molar-refractivity contribution is 6.06. The molecular formula is C14H27N5O2. The Bertz CT molecular complexity index is 383. The van der Waals surface area contributed by atoms with Crippen molar-refractivity contribution in [2.24, 2.45) is 16.3 Å². The fraction of sp³-hybridized carbons (Fsp3) is 0.857. The number of amides is 1. The zero-order chi connectivity index (χ0) is 15.3. The summed E-state index contributed by atoms with van der Waals surface area (Å²) in [5, 5.41) is 14.2. The zero-order valence-electron chi connectivity index (χ0n) is 12.8. The lowest BCUT2D eigenvalue weighted by atomic mass is 9.78. The first-order valence-corrected chi connectivity index (χ1v) is 7.81. The number of nitrogens with zero attached hydrogens (tertiary/aromatic N) is 3. The Morgan fingerprint density at radius 2 is 1.71 bits per heavy atom. The van der Waals surface area contributed by atoms with E-state index in [-0.39, 0.29) is 11.7 Å². The number of amidine groups is 1. The van der Waals surface area contributed by atoms with Crippen LogP contribution < -0.4 is 11.2 Å². The van der Waals surface area contributed by atoms with Gasteiger partial charge in [0.2, 0.25) is 5.91 Å². The van der Waals surface area contributed by atoms with E-state index in [1.165, 1.54) is 0 Å². The van der Waals surface area contributed by atoms with Crippen LogP contribution in [0.2, 0.25) is 0 Å². The van der Waals surface area contributed by atoms with Gasteiger partial charge in [0.15, 0.2) is 5.84 Å². The molecular weight excluding hydrogens is 270 g/mol. The lowest BCUT2D eigenvalue weighted by molar-refractivity contribution is -0.134. The van der Waals surface area contributed by atoms with Gasteiger partial charge in [-0.2, -0.15) is 0 Å². The van der Waals surface area contributed by atoms with Gasteiger partial charge >= 0.3 is 0 Å². The van der Waals surface area contributed by atoms with E-state index < -0.39 is 5.41 Å². The van der Waals surface area contributed by atoms with E-state index in [0.717, 1.165) is 51.9 Å². The smallest absolute Gasteiger partial charge is 0.248 e. The Labute approximate surface area is 126 Å². The van der Waals surface area contributed by atoms with Crippen LogP contribution in [0.15, 0.2) is 5.16 Å². The highest BCUT2D eigenvalue weighted by atomic mass is 16.4. The fourth-order valence-corrected chi connectivity index (χ4v) is 3.20. The number of nitrogens with one attached hydrogen (secondary N) is 1. The molecule has 1 aliphatic heterocycles. The van der Waals surface area contributed by atoms with E-state index in [0.29, 0.717) is 12.8 Å². The summed E-state index contributed by atoms with van der Waals surface area (Å²) in [5.41, 5.74) is 8.03. The third-order valence-electron chi connectivity index (χ3n) is 4.75. The third-order valence-corrected chi connectivity index (χ3v) is 4.75. The van der Waals surface area contributed by atoms with Gasteiger partial charge in [0.05, 0.1) is 0 Å². The van der Waals surface area contributed by atoms with Crippen LogP contribution >= 0.6 is 0 Å². The molecule has 2 fully saturated rings. The van der Waals surface area contributed by atoms with Gasteiger partial charge < -0.3 is 15.8 Å². The van der Waals surface area contributed by atoms with Crippen molar-refractivity contribution in [2.45, 2.75) is 38.5 Å². The number of carbonyl (C=O) groups is 1. The Kier molecular flexibility index (Phi) is 5.41. The summed E-state index contributed by atoms with van der Waals surface area (Å²) in [6.45, 7) is 3.46. The number of carbonyl (C=O) groups excluding carboxylic acids is 1. The lowest BCUT2D eigenvalue weighted by Gasteiger charge is -2.36. The number of rotatable bonds is 3. The monoisotopic (exact) mass is 297 g/mol. The predicted octanol–water partition coefficient (Wildman–Crippen LogP) is 0.352. The Balaban J connectivity index is 2.07. The molecule has 0 unspecified atom stereocenters. The molecule has 1 saturated carbocycles. The molecule has 0 radical (unpaired) electrons. The maximum atomic E-state index is 12.8. The summed E-state index contributed by atoms with van der Waals surface area (Å²) in [4.78, 5) is 15.0. The number of hydrogen-bond acceptors (Lipinski definition) is 5. The minimum absolute atomic E-state index is 0.0519. The minimum Gasteiger partial charge on any atom is -0.409 e. The van der Waals surface area contributed by atoms with Crippen LogP contribution in [0.4, 0.5) is 0 Å². The molecule has 2 rings (SSSR count). The van der Waals surface area contributed by atoms with E-state index >= 15 is 0 Å². The SMILES string of the molecule is CN1CCN(NC(=O)C2(C(N)=NO)CCCCCC2)CC1. The molecule has 0 aromatic rings. The van der Waals surface area contributed by atoms with Crippen LogP contribution in [0.1, 0.15) is 38.5 Å². The first-order chi connectivity index (χ1) is 10.1. The molecule has 0 bridgehead atoms. The second kappa shape index (κ2) is 7.09. The van der Waals surface area contributed by atoms with Gasteiger partial charge in [0.1, 0.15) is 5.41 Å². The Morgan fingerprint density at radius 3 is 2.24 bits per heavy atom. The molecule has 7 heteroatoms. The molecule has 1 aliphatic carbocycles. The van der Waals surface area contributed by atoms with Crippen LogP contribution in [-0.2, 0) is 4.79 Å². The van der Waals surface area contributed by atoms with Crippen molar-refractivity contribution in [1.82, 2.24) is 15.3 Å². The van der Waals surface area contributed by atoms with Crippen molar-refractivity contribution in [2.75, 3.05) is 33.2 Å². The number of oxime groups is 1. The average Bonchev–Trinajstić information content (AvgIpc) is 2.75. The van der Waals surface area contributed by atoms with Crippen molar-refractivity contribution in [3.63, 3.8) is 0 Å². The molecule has 0 atom stereocenters. The second-order valence-electron chi connectivity index (χ2n) is 6.21. The van der Waals surface area contributed by atoms with Crippen LogP contribution in [0.25, 0.3) is 0 Å². The van der Waals surface area contributed by atoms with Crippen LogP contribution in [-0.4, -0.2) is 60.1 Å². The average molecular weight is 297 g/mol. The van der Waals surface area contributed by atoms with E-state index in [2.05, 4.69) is 22.5 Å². The van der Waals surface area contributed by atoms with Crippen molar-refractivity contribution in [1.29, 1.82) is 0 Å². The van der Waals surface area contributed by atoms with E-state index in [1.54, 1.807) is 0 Å². The first-order valence-electron chi connectivity index (χ1n) is 7.81. The van der Waals surface area contributed by atoms with Gasteiger partial charge in [-0.1, -0.05) is 30.8 Å². The molecule has 0 aromatic carbocycles. The Hall–Kier alpha value is -1.34. The predicted molar refractivity (Wildman–Crippen MR) is 80.8 cm³/mol. The van der Waals surface area contributed by atoms with Gasteiger partial charge in [-0.3, -0.25) is 10.2 Å². The van der Waals surface area contributed by atoms with Crippen LogP contribution in [0.3, 0.4) is 0 Å². The van der Waals surface area contributed by atoms with E-state index in [4.69, 9.17) is 10.9 Å². The first kappa shape index (κ1) is 16.0. The van der Waals surface area contributed by atoms with Crippen molar-refractivity contribution >= 4 is 11.7 Å². The van der Waals surface area contributed by atoms with Crippen LogP contribution in [0, 0.1) is 5.41 Å². The summed E-state index contributed by atoms with van der Waals surface area (Å²) in [6, 6.07) is 0. The summed E-state index contributed by atoms with van der Waals surface area (Å²) in [7, 11) is 2.07. The second-order valence-corrected chi connectivity index (χ2v) is 6.21. The van der Waals surface area contributed by atoms with E-state index in [9.17, 15) is 4.79 Å². The maximum absolute atomic E-state index is 12.8. The number of nitrogens with two attached hydrogens (primary N) is 1. The lowest BCUT2D eigenvalue weighted by Crippen LogP contribution is -2.58.